The molecule has 0 aromatic heterocycles. The Kier molecular flexibility index (Phi) is 3.18. The quantitative estimate of drug-likeness (QED) is 0.334. The third kappa shape index (κ3) is 1.92. The number of methoxy groups -OCH3 is 1. The highest BCUT2D eigenvalue weighted by atomic mass is 16.5. The lowest BCUT2D eigenvalue weighted by Gasteiger charge is -2.56. The second kappa shape index (κ2) is 4.38. The van der Waals surface area contributed by atoms with Gasteiger partial charge in [-0.3, -0.25) is 4.79 Å². The first-order chi connectivity index (χ1) is 8.37. The van der Waals surface area contributed by atoms with Gasteiger partial charge in [-0.1, -0.05) is 19.9 Å². The van der Waals surface area contributed by atoms with Crippen molar-refractivity contribution < 1.29 is 14.3 Å². The summed E-state index contributed by atoms with van der Waals surface area (Å²) in [5.74, 6) is 0.443. The fourth-order valence-electron chi connectivity index (χ4n) is 3.14. The monoisotopic (exact) mass is 248 g/mol. The summed E-state index contributed by atoms with van der Waals surface area (Å²) in [4.78, 5) is 23.1. The van der Waals surface area contributed by atoms with E-state index in [0.29, 0.717) is 11.3 Å². The molecule has 1 fully saturated rings. The molecule has 98 valence electrons. The topological polar surface area (TPSA) is 43.4 Å². The molecule has 18 heavy (non-hydrogen) atoms. The van der Waals surface area contributed by atoms with Crippen molar-refractivity contribution in [3.8, 4) is 0 Å². The number of hydrogen-bond donors (Lipinski definition) is 0. The Bertz CT molecular complexity index is 454. The van der Waals surface area contributed by atoms with Crippen molar-refractivity contribution in [2.75, 3.05) is 7.11 Å². The number of ether oxygens (including phenoxy) is 1. The van der Waals surface area contributed by atoms with Crippen LogP contribution in [-0.4, -0.2) is 18.9 Å². The molecule has 3 nitrogen and oxygen atoms in total. The highest BCUT2D eigenvalue weighted by Crippen LogP contribution is 2.59. The van der Waals surface area contributed by atoms with Crippen LogP contribution in [0.5, 0.6) is 0 Å². The molecule has 0 N–H and O–H groups in total. The van der Waals surface area contributed by atoms with Crippen molar-refractivity contribution in [3.63, 3.8) is 0 Å². The molecular weight excluding hydrogens is 228 g/mol. The number of carbonyl (C=O) groups excluding carboxylic acids is 2. The standard InChI is InChI=1S/C15H20O3/c1-9(16)12(14(17)18-4)7-10-5-6-11-8-13(10)15(11,2)3/h5,7,11,13H,6,8H2,1-4H3/b12-7-/t11-,13-/m0/s1. The predicted octanol–water partition coefficient (Wildman–Crippen LogP) is 2.67. The van der Waals surface area contributed by atoms with Gasteiger partial charge in [-0.05, 0) is 48.7 Å². The highest BCUT2D eigenvalue weighted by Gasteiger charge is 2.50. The molecule has 0 heterocycles. The number of rotatable bonds is 3. The average molecular weight is 248 g/mol. The molecule has 3 rings (SSSR count). The molecular formula is C15H20O3. The summed E-state index contributed by atoms with van der Waals surface area (Å²) in [5.41, 5.74) is 1.57. The molecule has 0 unspecified atom stereocenters. The smallest absolute Gasteiger partial charge is 0.341 e. The molecule has 1 saturated carbocycles. The van der Waals surface area contributed by atoms with Gasteiger partial charge in [-0.2, -0.15) is 0 Å². The van der Waals surface area contributed by atoms with Crippen LogP contribution >= 0.6 is 0 Å². The summed E-state index contributed by atoms with van der Waals surface area (Å²) in [5, 5.41) is 0. The highest BCUT2D eigenvalue weighted by molar-refractivity contribution is 6.16. The minimum atomic E-state index is -0.539. The Morgan fingerprint density at radius 3 is 2.56 bits per heavy atom. The Balaban J connectivity index is 2.29. The first kappa shape index (κ1) is 13.1. The van der Waals surface area contributed by atoms with E-state index in [0.717, 1.165) is 17.9 Å². The van der Waals surface area contributed by atoms with Crippen molar-refractivity contribution >= 4 is 11.8 Å². The Morgan fingerprint density at radius 2 is 2.11 bits per heavy atom. The van der Waals surface area contributed by atoms with Crippen LogP contribution in [0.3, 0.4) is 0 Å². The zero-order chi connectivity index (χ0) is 13.5. The number of fused-ring (bicyclic) bond motifs is 1. The van der Waals surface area contributed by atoms with E-state index in [1.54, 1.807) is 6.08 Å². The van der Waals surface area contributed by atoms with Crippen LogP contribution in [0.2, 0.25) is 0 Å². The van der Waals surface area contributed by atoms with E-state index >= 15 is 0 Å². The van der Waals surface area contributed by atoms with Gasteiger partial charge in [0.25, 0.3) is 0 Å². The van der Waals surface area contributed by atoms with Gasteiger partial charge in [-0.25, -0.2) is 4.79 Å². The van der Waals surface area contributed by atoms with E-state index in [1.807, 2.05) is 0 Å². The van der Waals surface area contributed by atoms with E-state index in [4.69, 9.17) is 0 Å². The van der Waals surface area contributed by atoms with Crippen molar-refractivity contribution in [3.05, 3.63) is 23.3 Å². The van der Waals surface area contributed by atoms with Crippen LogP contribution in [0, 0.1) is 17.3 Å². The number of carbonyl (C=O) groups is 2. The van der Waals surface area contributed by atoms with E-state index < -0.39 is 5.97 Å². The van der Waals surface area contributed by atoms with Crippen molar-refractivity contribution in [1.29, 1.82) is 0 Å². The molecule has 0 saturated heterocycles. The predicted molar refractivity (Wildman–Crippen MR) is 68.9 cm³/mol. The van der Waals surface area contributed by atoms with E-state index in [2.05, 4.69) is 24.7 Å². The van der Waals surface area contributed by atoms with Gasteiger partial charge in [0.1, 0.15) is 5.57 Å². The summed E-state index contributed by atoms with van der Waals surface area (Å²) < 4.78 is 4.66. The summed E-state index contributed by atoms with van der Waals surface area (Å²) in [6.45, 7) is 5.93. The maximum absolute atomic E-state index is 11.6. The Labute approximate surface area is 108 Å². The third-order valence-corrected chi connectivity index (χ3v) is 4.61. The fraction of sp³-hybridized carbons (Fsp3) is 0.600. The van der Waals surface area contributed by atoms with Gasteiger partial charge in [0.2, 0.25) is 0 Å². The molecule has 0 amide bonds. The molecule has 2 bridgehead atoms. The van der Waals surface area contributed by atoms with Gasteiger partial charge in [0.05, 0.1) is 7.11 Å². The summed E-state index contributed by atoms with van der Waals surface area (Å²) in [6, 6.07) is 0. The number of Topliss-reactive ketones (excluding diaryl/α,β-unsaturated/α-hetero) is 1. The SMILES string of the molecule is COC(=O)/C(=C\C1=CC[C@H]2C[C@@H]1C2(C)C)C(C)=O. The zero-order valence-electron chi connectivity index (χ0n) is 11.4. The van der Waals surface area contributed by atoms with Gasteiger partial charge in [-0.15, -0.1) is 0 Å². The molecule has 3 aliphatic rings. The van der Waals surface area contributed by atoms with E-state index in [1.165, 1.54) is 20.5 Å². The third-order valence-electron chi connectivity index (χ3n) is 4.61. The minimum absolute atomic E-state index is 0.157. The lowest BCUT2D eigenvalue weighted by atomic mass is 9.49. The van der Waals surface area contributed by atoms with Crippen molar-refractivity contribution in [2.45, 2.75) is 33.6 Å². The maximum atomic E-state index is 11.6. The molecule has 3 aliphatic carbocycles. The van der Waals surface area contributed by atoms with Gasteiger partial charge in [0.15, 0.2) is 5.78 Å². The second-order valence-corrected chi connectivity index (χ2v) is 5.85. The molecule has 0 aromatic rings. The van der Waals surface area contributed by atoms with Gasteiger partial charge >= 0.3 is 5.97 Å². The maximum Gasteiger partial charge on any atom is 0.341 e. The molecule has 2 atom stereocenters. The summed E-state index contributed by atoms with van der Waals surface area (Å²) >= 11 is 0. The first-order valence-electron chi connectivity index (χ1n) is 6.39. The molecule has 3 heteroatoms. The Morgan fingerprint density at radius 1 is 1.44 bits per heavy atom. The second-order valence-electron chi connectivity index (χ2n) is 5.85. The van der Waals surface area contributed by atoms with Crippen LogP contribution in [0.25, 0.3) is 0 Å². The first-order valence-corrected chi connectivity index (χ1v) is 6.39. The number of esters is 1. The largest absolute Gasteiger partial charge is 0.465 e. The number of ketones is 1. The summed E-state index contributed by atoms with van der Waals surface area (Å²) in [6.07, 6.45) is 6.11. The fourth-order valence-corrected chi connectivity index (χ4v) is 3.14. The van der Waals surface area contributed by atoms with Crippen molar-refractivity contribution in [1.82, 2.24) is 0 Å². The number of hydrogen-bond acceptors (Lipinski definition) is 3. The van der Waals surface area contributed by atoms with Crippen molar-refractivity contribution in [2.24, 2.45) is 17.3 Å². The molecule has 0 radical (unpaired) electrons. The van der Waals surface area contributed by atoms with Gasteiger partial charge < -0.3 is 4.74 Å². The zero-order valence-corrected chi connectivity index (χ0v) is 11.4. The van der Waals surface area contributed by atoms with E-state index in [9.17, 15) is 9.59 Å². The molecule has 0 aliphatic heterocycles. The molecule has 0 spiro atoms. The van der Waals surface area contributed by atoms with E-state index in [-0.39, 0.29) is 11.4 Å². The number of allylic oxidation sites excluding steroid dienone is 3. The van der Waals surface area contributed by atoms with Gasteiger partial charge in [0, 0.05) is 0 Å². The minimum Gasteiger partial charge on any atom is -0.465 e. The van der Waals surface area contributed by atoms with Crippen LogP contribution in [0.4, 0.5) is 0 Å². The van der Waals surface area contributed by atoms with Crippen LogP contribution < -0.4 is 0 Å². The average Bonchev–Trinajstić information content (AvgIpc) is 2.34. The normalized spacial score (nSPS) is 29.1. The van der Waals surface area contributed by atoms with Crippen LogP contribution in [0.1, 0.15) is 33.6 Å². The lowest BCUT2D eigenvalue weighted by Crippen LogP contribution is -2.47. The van der Waals surface area contributed by atoms with Crippen LogP contribution in [0.15, 0.2) is 23.3 Å². The van der Waals surface area contributed by atoms with Crippen LogP contribution in [-0.2, 0) is 14.3 Å². The lowest BCUT2D eigenvalue weighted by molar-refractivity contribution is -0.137. The summed E-state index contributed by atoms with van der Waals surface area (Å²) in [7, 11) is 1.30. The Hall–Kier alpha value is -1.38. The molecule has 0 aromatic carbocycles.